The third-order valence-electron chi connectivity index (χ3n) is 2.67. The van der Waals surface area contributed by atoms with Crippen molar-refractivity contribution >= 4 is 5.57 Å². The minimum atomic E-state index is 0.986. The predicted octanol–water partition coefficient (Wildman–Crippen LogP) is 3.62. The summed E-state index contributed by atoms with van der Waals surface area (Å²) < 4.78 is 0. The molecule has 0 unspecified atom stereocenters. The number of nitrogens with two attached hydrogens (primary N) is 2. The van der Waals surface area contributed by atoms with Crippen LogP contribution in [0.25, 0.3) is 5.57 Å². The largest absolute Gasteiger partial charge is 0.402 e. The SMILES string of the molecule is CC.CN.Cc1ccccc1C1=CC=C(N)CC1. The number of hydrogen-bond donors (Lipinski definition) is 2. The van der Waals surface area contributed by atoms with Gasteiger partial charge in [0.15, 0.2) is 0 Å². The summed E-state index contributed by atoms with van der Waals surface area (Å²) in [5.41, 5.74) is 15.3. The van der Waals surface area contributed by atoms with Crippen molar-refractivity contribution in [2.24, 2.45) is 11.5 Å². The minimum absolute atomic E-state index is 0.986. The van der Waals surface area contributed by atoms with E-state index in [0.717, 1.165) is 18.5 Å². The molecule has 0 atom stereocenters. The Morgan fingerprint density at radius 1 is 0.944 bits per heavy atom. The Hall–Kier alpha value is -1.54. The Bertz CT molecular complexity index is 403. The summed E-state index contributed by atoms with van der Waals surface area (Å²) in [5, 5.41) is 0. The quantitative estimate of drug-likeness (QED) is 0.795. The van der Waals surface area contributed by atoms with Crippen molar-refractivity contribution in [2.75, 3.05) is 7.05 Å². The highest BCUT2D eigenvalue weighted by Crippen LogP contribution is 2.26. The van der Waals surface area contributed by atoms with E-state index in [1.807, 2.05) is 19.9 Å². The van der Waals surface area contributed by atoms with E-state index < -0.39 is 0 Å². The van der Waals surface area contributed by atoms with Gasteiger partial charge in [-0.3, -0.25) is 0 Å². The summed E-state index contributed by atoms with van der Waals surface area (Å²) in [5.74, 6) is 0. The second-order valence-electron chi connectivity index (χ2n) is 3.75. The van der Waals surface area contributed by atoms with Gasteiger partial charge in [0.25, 0.3) is 0 Å². The van der Waals surface area contributed by atoms with Gasteiger partial charge in [-0.2, -0.15) is 0 Å². The standard InChI is InChI=1S/C13H15N.C2H6.CH5N/c1-10-4-2-3-5-13(10)11-6-8-12(14)9-7-11;2*1-2/h2-6,8H,7,9,14H2,1H3;1-2H3;2H2,1H3. The molecule has 0 spiro atoms. The molecule has 0 radical (unpaired) electrons. The first-order valence-corrected chi connectivity index (χ1v) is 6.56. The molecule has 2 nitrogen and oxygen atoms in total. The van der Waals surface area contributed by atoms with Gasteiger partial charge in [0.1, 0.15) is 0 Å². The first-order chi connectivity index (χ1) is 8.77. The Morgan fingerprint density at radius 2 is 1.56 bits per heavy atom. The fourth-order valence-electron chi connectivity index (χ4n) is 1.81. The maximum atomic E-state index is 5.73. The van der Waals surface area contributed by atoms with Crippen LogP contribution in [0, 0.1) is 6.92 Å². The molecular formula is C16H26N2. The van der Waals surface area contributed by atoms with Crippen LogP contribution in [0.1, 0.15) is 37.8 Å². The van der Waals surface area contributed by atoms with Gasteiger partial charge < -0.3 is 11.5 Å². The van der Waals surface area contributed by atoms with Crippen molar-refractivity contribution in [3.63, 3.8) is 0 Å². The van der Waals surface area contributed by atoms with Crippen molar-refractivity contribution in [2.45, 2.75) is 33.6 Å². The van der Waals surface area contributed by atoms with Gasteiger partial charge in [0, 0.05) is 5.70 Å². The van der Waals surface area contributed by atoms with Gasteiger partial charge in [-0.1, -0.05) is 44.2 Å². The van der Waals surface area contributed by atoms with E-state index in [0.29, 0.717) is 0 Å². The van der Waals surface area contributed by atoms with Crippen LogP contribution in [0.2, 0.25) is 0 Å². The Kier molecular flexibility index (Phi) is 8.67. The van der Waals surface area contributed by atoms with E-state index in [2.05, 4.69) is 43.0 Å². The topological polar surface area (TPSA) is 52.0 Å². The molecule has 1 aliphatic rings. The van der Waals surface area contributed by atoms with Crippen LogP contribution in [-0.2, 0) is 0 Å². The molecule has 0 bridgehead atoms. The smallest absolute Gasteiger partial charge is 0.00839 e. The summed E-state index contributed by atoms with van der Waals surface area (Å²) >= 11 is 0. The number of allylic oxidation sites excluding steroid dienone is 4. The molecule has 1 aliphatic carbocycles. The van der Waals surface area contributed by atoms with Gasteiger partial charge in [-0.25, -0.2) is 0 Å². The number of benzene rings is 1. The van der Waals surface area contributed by atoms with E-state index in [-0.39, 0.29) is 0 Å². The molecule has 2 rings (SSSR count). The normalized spacial score (nSPS) is 13.2. The zero-order valence-electron chi connectivity index (χ0n) is 12.0. The lowest BCUT2D eigenvalue weighted by atomic mass is 9.93. The van der Waals surface area contributed by atoms with Crippen LogP contribution >= 0.6 is 0 Å². The lowest BCUT2D eigenvalue weighted by Gasteiger charge is -2.14. The summed E-state index contributed by atoms with van der Waals surface area (Å²) in [7, 11) is 1.50. The maximum absolute atomic E-state index is 5.73. The minimum Gasteiger partial charge on any atom is -0.402 e. The monoisotopic (exact) mass is 246 g/mol. The molecule has 0 aliphatic heterocycles. The van der Waals surface area contributed by atoms with Crippen LogP contribution in [0.3, 0.4) is 0 Å². The summed E-state index contributed by atoms with van der Waals surface area (Å²) in [4.78, 5) is 0. The highest BCUT2D eigenvalue weighted by atomic mass is 14.6. The van der Waals surface area contributed by atoms with Gasteiger partial charge in [0.2, 0.25) is 0 Å². The van der Waals surface area contributed by atoms with Crippen molar-refractivity contribution in [1.82, 2.24) is 0 Å². The van der Waals surface area contributed by atoms with Crippen LogP contribution in [-0.4, -0.2) is 7.05 Å². The predicted molar refractivity (Wildman–Crippen MR) is 82.1 cm³/mol. The number of hydrogen-bond acceptors (Lipinski definition) is 2. The Balaban J connectivity index is 0.000000659. The zero-order valence-corrected chi connectivity index (χ0v) is 12.0. The van der Waals surface area contributed by atoms with E-state index >= 15 is 0 Å². The first-order valence-electron chi connectivity index (χ1n) is 6.56. The van der Waals surface area contributed by atoms with Crippen LogP contribution in [0.5, 0.6) is 0 Å². The highest BCUT2D eigenvalue weighted by molar-refractivity contribution is 5.70. The molecule has 1 aromatic carbocycles. The van der Waals surface area contributed by atoms with Crippen molar-refractivity contribution in [3.8, 4) is 0 Å². The molecule has 0 saturated carbocycles. The van der Waals surface area contributed by atoms with Gasteiger partial charge in [-0.05, 0) is 49.6 Å². The Labute approximate surface area is 111 Å². The molecule has 4 N–H and O–H groups in total. The lowest BCUT2D eigenvalue weighted by molar-refractivity contribution is 0.957. The second-order valence-corrected chi connectivity index (χ2v) is 3.75. The fraction of sp³-hybridized carbons (Fsp3) is 0.375. The molecule has 1 aromatic rings. The van der Waals surface area contributed by atoms with Crippen LogP contribution in [0.15, 0.2) is 42.1 Å². The van der Waals surface area contributed by atoms with E-state index in [1.165, 1.54) is 23.7 Å². The molecule has 0 heterocycles. The highest BCUT2D eigenvalue weighted by Gasteiger charge is 2.07. The molecule has 0 aromatic heterocycles. The molecular weight excluding hydrogens is 220 g/mol. The fourth-order valence-corrected chi connectivity index (χ4v) is 1.81. The van der Waals surface area contributed by atoms with Crippen LogP contribution < -0.4 is 11.5 Å². The van der Waals surface area contributed by atoms with Crippen molar-refractivity contribution < 1.29 is 0 Å². The summed E-state index contributed by atoms with van der Waals surface area (Å²) in [6, 6.07) is 8.49. The Morgan fingerprint density at radius 3 is 2.06 bits per heavy atom. The van der Waals surface area contributed by atoms with Gasteiger partial charge in [0.05, 0.1) is 0 Å². The number of aryl methyl sites for hydroxylation is 1. The zero-order chi connectivity index (χ0) is 14.0. The molecule has 0 fully saturated rings. The third-order valence-corrected chi connectivity index (χ3v) is 2.67. The summed E-state index contributed by atoms with van der Waals surface area (Å²) in [6.07, 6.45) is 6.21. The van der Waals surface area contributed by atoms with Crippen LogP contribution in [0.4, 0.5) is 0 Å². The lowest BCUT2D eigenvalue weighted by Crippen LogP contribution is -2.01. The average molecular weight is 246 g/mol. The van der Waals surface area contributed by atoms with E-state index in [9.17, 15) is 0 Å². The number of rotatable bonds is 1. The molecule has 0 amide bonds. The first kappa shape index (κ1) is 16.5. The van der Waals surface area contributed by atoms with Gasteiger partial charge in [-0.15, -0.1) is 0 Å². The molecule has 2 heteroatoms. The third kappa shape index (κ3) is 4.76. The van der Waals surface area contributed by atoms with Crippen molar-refractivity contribution in [1.29, 1.82) is 0 Å². The molecule has 100 valence electrons. The second kappa shape index (κ2) is 9.49. The maximum Gasteiger partial charge on any atom is 0.00839 e. The molecule has 0 saturated heterocycles. The van der Waals surface area contributed by atoms with Crippen molar-refractivity contribution in [3.05, 3.63) is 53.2 Å². The van der Waals surface area contributed by atoms with E-state index in [1.54, 1.807) is 0 Å². The van der Waals surface area contributed by atoms with E-state index in [4.69, 9.17) is 5.73 Å². The average Bonchev–Trinajstić information content (AvgIpc) is 2.45. The summed E-state index contributed by atoms with van der Waals surface area (Å²) in [6.45, 7) is 6.15. The van der Waals surface area contributed by atoms with Gasteiger partial charge >= 0.3 is 0 Å². The molecule has 18 heavy (non-hydrogen) atoms.